The molecule has 0 amide bonds. The maximum absolute atomic E-state index is 13.4. The summed E-state index contributed by atoms with van der Waals surface area (Å²) in [5.74, 6) is -0.155. The molecule has 1 aliphatic rings. The van der Waals surface area contributed by atoms with Crippen LogP contribution in [0.1, 0.15) is 12.0 Å². The van der Waals surface area contributed by atoms with Crippen LogP contribution in [-0.2, 0) is 13.6 Å². The zero-order chi connectivity index (χ0) is 13.2. The zero-order valence-corrected chi connectivity index (χ0v) is 11.3. The Kier molecular flexibility index (Phi) is 3.53. The molecule has 3 nitrogen and oxygen atoms in total. The number of nitrogens with one attached hydrogen (secondary N) is 1. The van der Waals surface area contributed by atoms with Crippen molar-refractivity contribution in [3.63, 3.8) is 0 Å². The van der Waals surface area contributed by atoms with Crippen LogP contribution in [0.3, 0.4) is 0 Å². The summed E-state index contributed by atoms with van der Waals surface area (Å²) in [6.07, 6.45) is 3.31. The average Bonchev–Trinajstić information content (AvgIpc) is 2.58. The van der Waals surface area contributed by atoms with Crippen molar-refractivity contribution in [3.05, 3.63) is 35.8 Å². The maximum atomic E-state index is 13.4. The third-order valence-electron chi connectivity index (χ3n) is 3.86. The van der Waals surface area contributed by atoms with E-state index in [2.05, 4.69) is 21.0 Å². The highest BCUT2D eigenvalue weighted by molar-refractivity contribution is 5.84. The second kappa shape index (κ2) is 5.31. The van der Waals surface area contributed by atoms with E-state index in [1.807, 2.05) is 13.1 Å². The predicted molar refractivity (Wildman–Crippen MR) is 75.6 cm³/mol. The minimum Gasteiger partial charge on any atom is -0.350 e. The van der Waals surface area contributed by atoms with Gasteiger partial charge in [0.25, 0.3) is 0 Å². The summed E-state index contributed by atoms with van der Waals surface area (Å²) in [4.78, 5) is 2.44. The van der Waals surface area contributed by atoms with E-state index in [9.17, 15) is 4.39 Å². The Morgan fingerprint density at radius 2 is 2.16 bits per heavy atom. The van der Waals surface area contributed by atoms with Crippen molar-refractivity contribution in [2.75, 3.05) is 26.2 Å². The summed E-state index contributed by atoms with van der Waals surface area (Å²) in [6, 6.07) is 5.04. The van der Waals surface area contributed by atoms with Crippen LogP contribution < -0.4 is 5.32 Å². The number of hydrogen-bond acceptors (Lipinski definition) is 2. The van der Waals surface area contributed by atoms with Gasteiger partial charge >= 0.3 is 0 Å². The molecule has 2 aromatic rings. The molecule has 0 spiro atoms. The molecule has 3 rings (SSSR count). The van der Waals surface area contributed by atoms with Crippen molar-refractivity contribution in [1.29, 1.82) is 0 Å². The first-order valence-electron chi connectivity index (χ1n) is 6.90. The molecule has 4 heteroatoms. The molecule has 1 aromatic heterocycles. The van der Waals surface area contributed by atoms with Crippen LogP contribution in [0.25, 0.3) is 10.9 Å². The molecule has 0 radical (unpaired) electrons. The fourth-order valence-electron chi connectivity index (χ4n) is 2.87. The van der Waals surface area contributed by atoms with Gasteiger partial charge in [0.05, 0.1) is 0 Å². The summed E-state index contributed by atoms with van der Waals surface area (Å²) in [7, 11) is 2.02. The van der Waals surface area contributed by atoms with Gasteiger partial charge in [-0.25, -0.2) is 4.39 Å². The summed E-state index contributed by atoms with van der Waals surface area (Å²) in [5.41, 5.74) is 2.32. The molecule has 0 atom stereocenters. The first-order chi connectivity index (χ1) is 9.24. The Hall–Kier alpha value is -1.39. The van der Waals surface area contributed by atoms with Crippen molar-refractivity contribution in [2.45, 2.75) is 13.0 Å². The molecule has 1 fully saturated rings. The van der Waals surface area contributed by atoms with Crippen LogP contribution in [0.4, 0.5) is 4.39 Å². The van der Waals surface area contributed by atoms with E-state index in [1.54, 1.807) is 6.07 Å². The predicted octanol–water partition coefficient (Wildman–Crippen LogP) is 2.11. The molecule has 0 bridgehead atoms. The number of fused-ring (bicyclic) bond motifs is 1. The third-order valence-corrected chi connectivity index (χ3v) is 3.86. The van der Waals surface area contributed by atoms with Gasteiger partial charge in [-0.05, 0) is 43.3 Å². The van der Waals surface area contributed by atoms with E-state index in [1.165, 1.54) is 18.1 Å². The van der Waals surface area contributed by atoms with E-state index in [0.29, 0.717) is 0 Å². The second-order valence-corrected chi connectivity index (χ2v) is 5.31. The summed E-state index contributed by atoms with van der Waals surface area (Å²) in [5, 5.41) is 4.45. The van der Waals surface area contributed by atoms with Crippen LogP contribution >= 0.6 is 0 Å². The number of aromatic nitrogens is 1. The van der Waals surface area contributed by atoms with E-state index in [0.717, 1.165) is 43.6 Å². The molecule has 1 N–H and O–H groups in total. The Balaban J connectivity index is 1.89. The lowest BCUT2D eigenvalue weighted by molar-refractivity contribution is 0.285. The molecule has 0 aliphatic carbocycles. The van der Waals surface area contributed by atoms with Gasteiger partial charge in [-0.15, -0.1) is 0 Å². The van der Waals surface area contributed by atoms with Crippen molar-refractivity contribution in [1.82, 2.24) is 14.8 Å². The Bertz CT molecular complexity index is 568. The van der Waals surface area contributed by atoms with E-state index in [-0.39, 0.29) is 5.82 Å². The highest BCUT2D eigenvalue weighted by Gasteiger charge is 2.13. The highest BCUT2D eigenvalue weighted by Crippen LogP contribution is 2.23. The largest absolute Gasteiger partial charge is 0.350 e. The highest BCUT2D eigenvalue weighted by atomic mass is 19.1. The molecule has 1 aliphatic heterocycles. The fraction of sp³-hybridized carbons (Fsp3) is 0.467. The Morgan fingerprint density at radius 3 is 3.05 bits per heavy atom. The lowest BCUT2D eigenvalue weighted by atomic mass is 10.1. The number of halogens is 1. The van der Waals surface area contributed by atoms with Gasteiger partial charge < -0.3 is 9.88 Å². The zero-order valence-electron chi connectivity index (χ0n) is 11.3. The van der Waals surface area contributed by atoms with Crippen LogP contribution in [0.15, 0.2) is 24.4 Å². The molecule has 0 saturated carbocycles. The van der Waals surface area contributed by atoms with Crippen molar-refractivity contribution < 1.29 is 4.39 Å². The molecular weight excluding hydrogens is 241 g/mol. The van der Waals surface area contributed by atoms with Crippen molar-refractivity contribution >= 4 is 10.9 Å². The first-order valence-corrected chi connectivity index (χ1v) is 6.90. The number of nitrogens with zero attached hydrogens (tertiary/aromatic N) is 2. The van der Waals surface area contributed by atoms with E-state index >= 15 is 0 Å². The molecule has 0 unspecified atom stereocenters. The van der Waals surface area contributed by atoms with Gasteiger partial charge in [0.15, 0.2) is 0 Å². The SMILES string of the molecule is Cn1cc(CN2CCCNCC2)c2cc(F)ccc21. The lowest BCUT2D eigenvalue weighted by Crippen LogP contribution is -2.27. The number of aryl methyl sites for hydroxylation is 1. The quantitative estimate of drug-likeness (QED) is 0.893. The Morgan fingerprint density at radius 1 is 1.26 bits per heavy atom. The van der Waals surface area contributed by atoms with Gasteiger partial charge in [-0.3, -0.25) is 4.90 Å². The Labute approximate surface area is 113 Å². The number of rotatable bonds is 2. The van der Waals surface area contributed by atoms with Crippen LogP contribution in [-0.4, -0.2) is 35.6 Å². The summed E-state index contributed by atoms with van der Waals surface area (Å²) >= 11 is 0. The smallest absolute Gasteiger partial charge is 0.123 e. The standard InChI is InChI=1S/C15H20FN3/c1-18-10-12(11-19-7-2-5-17-6-8-19)14-9-13(16)3-4-15(14)18/h3-4,9-10,17H,2,5-8,11H2,1H3. The minimum atomic E-state index is -0.155. The summed E-state index contributed by atoms with van der Waals surface area (Å²) < 4.78 is 15.5. The van der Waals surface area contributed by atoms with E-state index in [4.69, 9.17) is 0 Å². The molecule has 2 heterocycles. The van der Waals surface area contributed by atoms with Crippen LogP contribution in [0.2, 0.25) is 0 Å². The molecule has 1 saturated heterocycles. The molecule has 102 valence electrons. The topological polar surface area (TPSA) is 20.2 Å². The molecule has 19 heavy (non-hydrogen) atoms. The minimum absolute atomic E-state index is 0.155. The first kappa shape index (κ1) is 12.6. The normalized spacial score (nSPS) is 17.8. The average molecular weight is 261 g/mol. The maximum Gasteiger partial charge on any atom is 0.123 e. The van der Waals surface area contributed by atoms with Gasteiger partial charge in [-0.1, -0.05) is 0 Å². The van der Waals surface area contributed by atoms with Gasteiger partial charge in [0, 0.05) is 43.8 Å². The van der Waals surface area contributed by atoms with Crippen molar-refractivity contribution in [3.8, 4) is 0 Å². The van der Waals surface area contributed by atoms with Crippen LogP contribution in [0, 0.1) is 5.82 Å². The number of hydrogen-bond donors (Lipinski definition) is 1. The molecular formula is C15H20FN3. The second-order valence-electron chi connectivity index (χ2n) is 5.31. The van der Waals surface area contributed by atoms with Gasteiger partial charge in [0.1, 0.15) is 5.82 Å². The fourth-order valence-corrected chi connectivity index (χ4v) is 2.87. The molecule has 1 aromatic carbocycles. The van der Waals surface area contributed by atoms with E-state index < -0.39 is 0 Å². The van der Waals surface area contributed by atoms with Gasteiger partial charge in [-0.2, -0.15) is 0 Å². The van der Waals surface area contributed by atoms with Crippen molar-refractivity contribution in [2.24, 2.45) is 7.05 Å². The monoisotopic (exact) mass is 261 g/mol. The summed E-state index contributed by atoms with van der Waals surface area (Å²) in [6.45, 7) is 5.21. The lowest BCUT2D eigenvalue weighted by Gasteiger charge is -2.18. The van der Waals surface area contributed by atoms with Crippen LogP contribution in [0.5, 0.6) is 0 Å². The van der Waals surface area contributed by atoms with Gasteiger partial charge in [0.2, 0.25) is 0 Å². The number of benzene rings is 1. The third kappa shape index (κ3) is 2.65.